The van der Waals surface area contributed by atoms with E-state index in [0.717, 1.165) is 27.9 Å². The van der Waals surface area contributed by atoms with Crippen molar-refractivity contribution in [2.24, 2.45) is 0 Å². The van der Waals surface area contributed by atoms with Crippen LogP contribution in [0.3, 0.4) is 0 Å². The van der Waals surface area contributed by atoms with Crippen LogP contribution in [0.25, 0.3) is 11.0 Å². The molecule has 0 saturated heterocycles. The second kappa shape index (κ2) is 7.92. The van der Waals surface area contributed by atoms with E-state index in [0.29, 0.717) is 12.8 Å². The summed E-state index contributed by atoms with van der Waals surface area (Å²) in [6.45, 7) is 0. The number of carbonyl (C=O) groups is 1. The van der Waals surface area contributed by atoms with E-state index >= 15 is 0 Å². The van der Waals surface area contributed by atoms with Crippen molar-refractivity contribution in [3.05, 3.63) is 108 Å². The van der Waals surface area contributed by atoms with Gasteiger partial charge in [-0.05, 0) is 29.7 Å². The summed E-state index contributed by atoms with van der Waals surface area (Å²) in [5.41, 5.74) is 2.99. The number of para-hydroxylation sites is 1. The first kappa shape index (κ1) is 17.1. The van der Waals surface area contributed by atoms with Crippen LogP contribution >= 0.6 is 0 Å². The van der Waals surface area contributed by atoms with Gasteiger partial charge in [0.1, 0.15) is 17.4 Å². The van der Waals surface area contributed by atoms with Gasteiger partial charge in [-0.25, -0.2) is 0 Å². The Bertz CT molecular complexity index is 989. The van der Waals surface area contributed by atoms with Crippen LogP contribution in [-0.2, 0) is 11.2 Å². The molecule has 0 aliphatic rings. The van der Waals surface area contributed by atoms with Gasteiger partial charge in [0.2, 0.25) is 5.91 Å². The van der Waals surface area contributed by atoms with Crippen LogP contribution in [0.5, 0.6) is 0 Å². The summed E-state index contributed by atoms with van der Waals surface area (Å²) in [6, 6.07) is 29.6. The molecule has 0 aliphatic heterocycles. The highest BCUT2D eigenvalue weighted by Gasteiger charge is 2.20. The van der Waals surface area contributed by atoms with E-state index in [1.54, 1.807) is 0 Å². The molecular formula is C24H21NO2. The molecule has 1 aromatic heterocycles. The molecule has 1 amide bonds. The van der Waals surface area contributed by atoms with Crippen LogP contribution in [-0.4, -0.2) is 5.91 Å². The third-order valence-corrected chi connectivity index (χ3v) is 4.65. The van der Waals surface area contributed by atoms with Crippen molar-refractivity contribution in [1.82, 2.24) is 5.32 Å². The Labute approximate surface area is 158 Å². The van der Waals surface area contributed by atoms with Crippen molar-refractivity contribution >= 4 is 16.9 Å². The number of aryl methyl sites for hydroxylation is 1. The van der Waals surface area contributed by atoms with Crippen molar-refractivity contribution in [2.45, 2.75) is 18.9 Å². The Morgan fingerprint density at radius 2 is 1.52 bits per heavy atom. The molecule has 1 N–H and O–H groups in total. The van der Waals surface area contributed by atoms with Gasteiger partial charge in [0.05, 0.1) is 0 Å². The van der Waals surface area contributed by atoms with Crippen LogP contribution in [0.1, 0.15) is 29.3 Å². The molecule has 0 bridgehead atoms. The van der Waals surface area contributed by atoms with Crippen LogP contribution < -0.4 is 5.32 Å². The van der Waals surface area contributed by atoms with Crippen molar-refractivity contribution in [2.75, 3.05) is 0 Å². The Kier molecular flexibility index (Phi) is 5.01. The molecule has 134 valence electrons. The van der Waals surface area contributed by atoms with Gasteiger partial charge in [0, 0.05) is 11.8 Å². The average molecular weight is 355 g/mol. The fourth-order valence-electron chi connectivity index (χ4n) is 3.24. The summed E-state index contributed by atoms with van der Waals surface area (Å²) < 4.78 is 6.03. The van der Waals surface area contributed by atoms with E-state index in [-0.39, 0.29) is 11.9 Å². The van der Waals surface area contributed by atoms with Gasteiger partial charge in [-0.2, -0.15) is 0 Å². The lowest BCUT2D eigenvalue weighted by atomic mass is 10.0. The summed E-state index contributed by atoms with van der Waals surface area (Å²) in [4.78, 5) is 12.6. The third-order valence-electron chi connectivity index (χ3n) is 4.65. The van der Waals surface area contributed by atoms with Gasteiger partial charge < -0.3 is 9.73 Å². The molecule has 0 saturated carbocycles. The Morgan fingerprint density at radius 1 is 0.852 bits per heavy atom. The second-order valence-electron chi connectivity index (χ2n) is 6.58. The normalized spacial score (nSPS) is 12.0. The predicted octanol–water partition coefficient (Wildman–Crippen LogP) is 5.27. The highest BCUT2D eigenvalue weighted by atomic mass is 16.3. The van der Waals surface area contributed by atoms with Crippen LogP contribution in [0, 0.1) is 0 Å². The summed E-state index contributed by atoms with van der Waals surface area (Å²) in [5, 5.41) is 4.18. The van der Waals surface area contributed by atoms with Crippen molar-refractivity contribution < 1.29 is 9.21 Å². The number of carbonyl (C=O) groups excluding carboxylic acids is 1. The van der Waals surface area contributed by atoms with E-state index in [9.17, 15) is 4.79 Å². The first-order chi connectivity index (χ1) is 13.3. The Morgan fingerprint density at radius 3 is 2.26 bits per heavy atom. The molecule has 0 aliphatic carbocycles. The first-order valence-corrected chi connectivity index (χ1v) is 9.16. The highest BCUT2D eigenvalue weighted by Crippen LogP contribution is 2.28. The van der Waals surface area contributed by atoms with E-state index < -0.39 is 0 Å². The smallest absolute Gasteiger partial charge is 0.221 e. The van der Waals surface area contributed by atoms with E-state index in [1.165, 1.54) is 0 Å². The molecule has 3 aromatic carbocycles. The molecule has 0 spiro atoms. The highest BCUT2D eigenvalue weighted by molar-refractivity contribution is 5.79. The van der Waals surface area contributed by atoms with Crippen molar-refractivity contribution in [3.63, 3.8) is 0 Å². The Balaban J connectivity index is 1.56. The molecule has 4 rings (SSSR count). The maximum absolute atomic E-state index is 12.6. The molecular weight excluding hydrogens is 334 g/mol. The number of hydrogen-bond acceptors (Lipinski definition) is 2. The molecule has 3 heteroatoms. The minimum atomic E-state index is -0.304. The zero-order valence-corrected chi connectivity index (χ0v) is 15.0. The van der Waals surface area contributed by atoms with Gasteiger partial charge in [0.15, 0.2) is 0 Å². The third kappa shape index (κ3) is 4.09. The fourth-order valence-corrected chi connectivity index (χ4v) is 3.24. The van der Waals surface area contributed by atoms with Crippen molar-refractivity contribution in [1.29, 1.82) is 0 Å². The quantitative estimate of drug-likeness (QED) is 0.512. The molecule has 0 fully saturated rings. The number of fused-ring (bicyclic) bond motifs is 1. The largest absolute Gasteiger partial charge is 0.459 e. The molecule has 27 heavy (non-hydrogen) atoms. The number of hydrogen-bond donors (Lipinski definition) is 1. The standard InChI is InChI=1S/C24H21NO2/c26-23(16-15-18-9-3-1-4-10-18)25-24(19-11-5-2-6-12-19)22-17-20-13-7-8-14-21(20)27-22/h1-14,17,24H,15-16H2,(H,25,26)/t24-/m0/s1. The second-order valence-corrected chi connectivity index (χ2v) is 6.58. The average Bonchev–Trinajstić information content (AvgIpc) is 3.16. The monoisotopic (exact) mass is 355 g/mol. The molecule has 3 nitrogen and oxygen atoms in total. The molecule has 0 unspecified atom stereocenters. The van der Waals surface area contributed by atoms with E-state index in [1.807, 2.05) is 91.0 Å². The van der Waals surface area contributed by atoms with Crippen LogP contribution in [0.2, 0.25) is 0 Å². The number of benzene rings is 3. The topological polar surface area (TPSA) is 42.2 Å². The van der Waals surface area contributed by atoms with Crippen LogP contribution in [0.4, 0.5) is 0 Å². The zero-order chi connectivity index (χ0) is 18.5. The first-order valence-electron chi connectivity index (χ1n) is 9.16. The lowest BCUT2D eigenvalue weighted by Crippen LogP contribution is -2.29. The van der Waals surface area contributed by atoms with Gasteiger partial charge in [-0.15, -0.1) is 0 Å². The maximum atomic E-state index is 12.6. The van der Waals surface area contributed by atoms with Gasteiger partial charge >= 0.3 is 0 Å². The zero-order valence-electron chi connectivity index (χ0n) is 15.0. The SMILES string of the molecule is O=C(CCc1ccccc1)N[C@@H](c1ccccc1)c1cc2ccccc2o1. The van der Waals surface area contributed by atoms with Gasteiger partial charge in [-0.3, -0.25) is 4.79 Å². The minimum Gasteiger partial charge on any atom is -0.459 e. The molecule has 4 aromatic rings. The van der Waals surface area contributed by atoms with Crippen LogP contribution in [0.15, 0.2) is 95.4 Å². The lowest BCUT2D eigenvalue weighted by molar-refractivity contribution is -0.121. The molecule has 1 atom stereocenters. The predicted molar refractivity (Wildman–Crippen MR) is 107 cm³/mol. The summed E-state index contributed by atoms with van der Waals surface area (Å²) >= 11 is 0. The lowest BCUT2D eigenvalue weighted by Gasteiger charge is -2.17. The number of rotatable bonds is 6. The van der Waals surface area contributed by atoms with Gasteiger partial charge in [0.25, 0.3) is 0 Å². The molecule has 0 radical (unpaired) electrons. The summed E-state index contributed by atoms with van der Waals surface area (Å²) in [6.07, 6.45) is 1.15. The molecule has 1 heterocycles. The number of amides is 1. The maximum Gasteiger partial charge on any atom is 0.221 e. The summed E-state index contributed by atoms with van der Waals surface area (Å²) in [7, 11) is 0. The minimum absolute atomic E-state index is 0.00756. The van der Waals surface area contributed by atoms with Gasteiger partial charge in [-0.1, -0.05) is 78.9 Å². The van der Waals surface area contributed by atoms with Crippen molar-refractivity contribution in [3.8, 4) is 0 Å². The Hall–Kier alpha value is -3.33. The number of furan rings is 1. The van der Waals surface area contributed by atoms with E-state index in [2.05, 4.69) is 5.32 Å². The van der Waals surface area contributed by atoms with E-state index in [4.69, 9.17) is 4.42 Å². The number of nitrogens with one attached hydrogen (secondary N) is 1. The summed E-state index contributed by atoms with van der Waals surface area (Å²) in [5.74, 6) is 0.753. The fraction of sp³-hybridized carbons (Fsp3) is 0.125.